The number of hydrogen-bond donors (Lipinski definition) is 2. The van der Waals surface area contributed by atoms with Gasteiger partial charge in [-0.15, -0.1) is 12.4 Å². The topological polar surface area (TPSA) is 81.2 Å². The number of rotatable bonds is 5. The molecule has 1 aromatic carbocycles. The van der Waals surface area contributed by atoms with Gasteiger partial charge in [0.15, 0.2) is 0 Å². The summed E-state index contributed by atoms with van der Waals surface area (Å²) in [5.41, 5.74) is 6.19. The Kier molecular flexibility index (Phi) is 6.08. The fourth-order valence-electron chi connectivity index (χ4n) is 1.68. The second-order valence-corrected chi connectivity index (χ2v) is 5.38. The molecule has 22 heavy (non-hydrogen) atoms. The van der Waals surface area contributed by atoms with Crippen molar-refractivity contribution in [2.75, 3.05) is 6.54 Å². The third kappa shape index (κ3) is 4.82. The minimum absolute atomic E-state index is 0. The maximum atomic E-state index is 12.8. The summed E-state index contributed by atoms with van der Waals surface area (Å²) in [5, 5.41) is 2.73. The minimum atomic E-state index is -0.900. The number of benzene rings is 1. The van der Waals surface area contributed by atoms with Crippen molar-refractivity contribution in [3.63, 3.8) is 0 Å². The van der Waals surface area contributed by atoms with Gasteiger partial charge < -0.3 is 15.5 Å². The summed E-state index contributed by atoms with van der Waals surface area (Å²) in [6.07, 6.45) is 2.06. The molecule has 0 aliphatic rings. The van der Waals surface area contributed by atoms with Crippen LogP contribution in [0.1, 0.15) is 19.5 Å². The van der Waals surface area contributed by atoms with Crippen LogP contribution in [0, 0.1) is 5.82 Å². The highest BCUT2D eigenvalue weighted by Crippen LogP contribution is 2.18. The second-order valence-electron chi connectivity index (χ2n) is 5.38. The molecule has 0 atom stereocenters. The average Bonchev–Trinajstić information content (AvgIpc) is 2.87. The van der Waals surface area contributed by atoms with Crippen LogP contribution in [0.4, 0.5) is 4.39 Å². The van der Waals surface area contributed by atoms with Gasteiger partial charge in [-0.1, -0.05) is 0 Å². The first kappa shape index (κ1) is 18.1. The van der Waals surface area contributed by atoms with Crippen molar-refractivity contribution < 1.29 is 13.6 Å². The summed E-state index contributed by atoms with van der Waals surface area (Å²) in [6, 6.07) is 5.90. The summed E-state index contributed by atoms with van der Waals surface area (Å²) < 4.78 is 18.2. The molecule has 0 unspecified atom stereocenters. The summed E-state index contributed by atoms with van der Waals surface area (Å²) in [7, 11) is 0. The van der Waals surface area contributed by atoms with Crippen LogP contribution in [0.25, 0.3) is 11.5 Å². The maximum absolute atomic E-state index is 12.8. The Morgan fingerprint density at radius 2 is 2.00 bits per heavy atom. The van der Waals surface area contributed by atoms with E-state index in [-0.39, 0.29) is 24.1 Å². The minimum Gasteiger partial charge on any atom is -0.444 e. The van der Waals surface area contributed by atoms with Crippen LogP contribution in [-0.2, 0) is 11.2 Å². The Morgan fingerprint density at radius 1 is 1.36 bits per heavy atom. The van der Waals surface area contributed by atoms with Gasteiger partial charge in [-0.05, 0) is 38.1 Å². The number of hydrogen-bond acceptors (Lipinski definition) is 4. The molecular formula is C15H19ClFN3O2. The van der Waals surface area contributed by atoms with E-state index in [1.807, 2.05) is 0 Å². The van der Waals surface area contributed by atoms with E-state index in [0.29, 0.717) is 30.1 Å². The van der Waals surface area contributed by atoms with E-state index in [1.165, 1.54) is 18.4 Å². The molecule has 1 heterocycles. The number of nitrogens with two attached hydrogens (primary N) is 1. The highest BCUT2D eigenvalue weighted by atomic mass is 35.5. The zero-order valence-corrected chi connectivity index (χ0v) is 13.2. The smallest absolute Gasteiger partial charge is 0.239 e. The molecule has 120 valence electrons. The molecule has 0 spiro atoms. The Balaban J connectivity index is 0.00000242. The molecule has 0 fully saturated rings. The zero-order chi connectivity index (χ0) is 15.5. The number of carbonyl (C=O) groups is 1. The highest BCUT2D eigenvalue weighted by molar-refractivity contribution is 5.85. The first-order valence-corrected chi connectivity index (χ1v) is 6.64. The van der Waals surface area contributed by atoms with Gasteiger partial charge in [0.1, 0.15) is 12.1 Å². The van der Waals surface area contributed by atoms with Gasteiger partial charge in [0.2, 0.25) is 11.8 Å². The summed E-state index contributed by atoms with van der Waals surface area (Å²) in [4.78, 5) is 15.9. The number of nitrogens with zero attached hydrogens (tertiary/aromatic N) is 1. The number of nitrogens with one attached hydrogen (secondary N) is 1. The molecule has 5 nitrogen and oxygen atoms in total. The van der Waals surface area contributed by atoms with Crippen LogP contribution in [0.5, 0.6) is 0 Å². The van der Waals surface area contributed by atoms with Crippen molar-refractivity contribution >= 4 is 18.3 Å². The Bertz CT molecular complexity index is 620. The van der Waals surface area contributed by atoms with Crippen LogP contribution in [-0.4, -0.2) is 23.0 Å². The van der Waals surface area contributed by atoms with E-state index in [9.17, 15) is 9.18 Å². The molecule has 1 amide bonds. The number of carbonyl (C=O) groups excluding carboxylic acids is 1. The van der Waals surface area contributed by atoms with Gasteiger partial charge in [0.25, 0.3) is 0 Å². The summed E-state index contributed by atoms with van der Waals surface area (Å²) in [5.74, 6) is -0.0992. The van der Waals surface area contributed by atoms with Gasteiger partial charge in [-0.3, -0.25) is 4.79 Å². The van der Waals surface area contributed by atoms with E-state index in [2.05, 4.69) is 10.3 Å². The van der Waals surface area contributed by atoms with E-state index >= 15 is 0 Å². The van der Waals surface area contributed by atoms with Gasteiger partial charge in [0.05, 0.1) is 11.2 Å². The maximum Gasteiger partial charge on any atom is 0.239 e. The van der Waals surface area contributed by atoms with Crippen molar-refractivity contribution in [3.05, 3.63) is 42.0 Å². The third-order valence-electron chi connectivity index (χ3n) is 2.89. The molecule has 2 aromatic rings. The zero-order valence-electron chi connectivity index (χ0n) is 12.4. The van der Waals surface area contributed by atoms with Crippen LogP contribution in [0.15, 0.2) is 34.9 Å². The number of aromatic nitrogens is 1. The van der Waals surface area contributed by atoms with Crippen LogP contribution < -0.4 is 11.1 Å². The van der Waals surface area contributed by atoms with Crippen molar-refractivity contribution in [2.24, 2.45) is 5.73 Å². The van der Waals surface area contributed by atoms with Crippen molar-refractivity contribution in [1.82, 2.24) is 10.3 Å². The Labute approximate surface area is 134 Å². The summed E-state index contributed by atoms with van der Waals surface area (Å²) in [6.45, 7) is 3.71. The molecule has 0 radical (unpaired) electrons. The molecule has 0 bridgehead atoms. The fraction of sp³-hybridized carbons (Fsp3) is 0.333. The fourth-order valence-corrected chi connectivity index (χ4v) is 1.68. The molecule has 0 aliphatic heterocycles. The van der Waals surface area contributed by atoms with Crippen molar-refractivity contribution in [1.29, 1.82) is 0 Å². The largest absolute Gasteiger partial charge is 0.444 e. The number of amides is 1. The quantitative estimate of drug-likeness (QED) is 0.883. The van der Waals surface area contributed by atoms with Crippen LogP contribution in [0.3, 0.4) is 0 Å². The van der Waals surface area contributed by atoms with Crippen molar-refractivity contribution in [2.45, 2.75) is 25.8 Å². The number of halogens is 2. The molecule has 0 aliphatic carbocycles. The molecule has 7 heteroatoms. The highest BCUT2D eigenvalue weighted by Gasteiger charge is 2.21. The third-order valence-corrected chi connectivity index (χ3v) is 2.89. The normalized spacial score (nSPS) is 10.9. The van der Waals surface area contributed by atoms with Crippen LogP contribution in [0.2, 0.25) is 0 Å². The van der Waals surface area contributed by atoms with Gasteiger partial charge in [-0.25, -0.2) is 9.37 Å². The van der Waals surface area contributed by atoms with E-state index in [4.69, 9.17) is 10.2 Å². The standard InChI is InChI=1S/C15H18FN3O2.ClH/c1-15(2,17)14(20)18-8-7-12-9-21-13(19-12)10-3-5-11(16)6-4-10;/h3-6,9H,7-8,17H2,1-2H3,(H,18,20);1H. The summed E-state index contributed by atoms with van der Waals surface area (Å²) >= 11 is 0. The lowest BCUT2D eigenvalue weighted by atomic mass is 10.1. The SMILES string of the molecule is CC(C)(N)C(=O)NCCc1coc(-c2ccc(F)cc2)n1.Cl. The van der Waals surface area contributed by atoms with Gasteiger partial charge in [0, 0.05) is 18.5 Å². The van der Waals surface area contributed by atoms with Crippen molar-refractivity contribution in [3.8, 4) is 11.5 Å². The van der Waals surface area contributed by atoms with E-state index in [0.717, 1.165) is 0 Å². The van der Waals surface area contributed by atoms with Crippen LogP contribution >= 0.6 is 12.4 Å². The molecule has 3 N–H and O–H groups in total. The monoisotopic (exact) mass is 327 g/mol. The number of oxazole rings is 1. The Morgan fingerprint density at radius 3 is 2.59 bits per heavy atom. The van der Waals surface area contributed by atoms with E-state index in [1.54, 1.807) is 26.0 Å². The van der Waals surface area contributed by atoms with Gasteiger partial charge in [-0.2, -0.15) is 0 Å². The lowest BCUT2D eigenvalue weighted by Crippen LogP contribution is -2.49. The molecular weight excluding hydrogens is 309 g/mol. The van der Waals surface area contributed by atoms with Gasteiger partial charge >= 0.3 is 0 Å². The Hall–Kier alpha value is -1.92. The molecule has 2 rings (SSSR count). The lowest BCUT2D eigenvalue weighted by molar-refractivity contribution is -0.125. The second kappa shape index (κ2) is 7.38. The molecule has 1 aromatic heterocycles. The van der Waals surface area contributed by atoms with E-state index < -0.39 is 5.54 Å². The predicted octanol–water partition coefficient (Wildman–Crippen LogP) is 2.30. The average molecular weight is 328 g/mol. The lowest BCUT2D eigenvalue weighted by Gasteiger charge is -2.17. The first-order valence-electron chi connectivity index (χ1n) is 6.64. The molecule has 0 saturated carbocycles. The first-order chi connectivity index (χ1) is 9.86. The molecule has 0 saturated heterocycles. The predicted molar refractivity (Wildman–Crippen MR) is 84.1 cm³/mol.